The largest absolute Gasteiger partial charge is 0.0848 e. The lowest BCUT2D eigenvalue weighted by molar-refractivity contribution is 0.00270. The van der Waals surface area contributed by atoms with Crippen molar-refractivity contribution in [3.05, 3.63) is 12.2 Å². The second-order valence-corrected chi connectivity index (χ2v) is 7.21. The van der Waals surface area contributed by atoms with Crippen LogP contribution in [-0.2, 0) is 0 Å². The Labute approximate surface area is 106 Å². The molecule has 0 amide bonds. The van der Waals surface area contributed by atoms with Crippen molar-refractivity contribution in [3.8, 4) is 0 Å². The molecule has 0 aliphatic heterocycles. The molecule has 0 heteroatoms. The normalized spacial score (nSPS) is 55.7. The highest BCUT2D eigenvalue weighted by molar-refractivity contribution is 5.16. The second kappa shape index (κ2) is 3.87. The van der Waals surface area contributed by atoms with E-state index in [0.717, 1.165) is 41.4 Å². The van der Waals surface area contributed by atoms with E-state index < -0.39 is 0 Å². The number of fused-ring (bicyclic) bond motifs is 6. The van der Waals surface area contributed by atoms with Crippen LogP contribution >= 0.6 is 0 Å². The Morgan fingerprint density at radius 3 is 2.65 bits per heavy atom. The highest BCUT2D eigenvalue weighted by atomic mass is 14.6. The zero-order valence-electron chi connectivity index (χ0n) is 11.1. The fourth-order valence-corrected chi connectivity index (χ4v) is 6.23. The van der Waals surface area contributed by atoms with Crippen LogP contribution in [0.3, 0.4) is 0 Å². The van der Waals surface area contributed by atoms with Gasteiger partial charge in [-0.2, -0.15) is 0 Å². The van der Waals surface area contributed by atoms with Gasteiger partial charge >= 0.3 is 0 Å². The maximum Gasteiger partial charge on any atom is -0.0194 e. The van der Waals surface area contributed by atoms with Crippen LogP contribution in [0.4, 0.5) is 0 Å². The third-order valence-electron chi connectivity index (χ3n) is 6.75. The Kier molecular flexibility index (Phi) is 2.42. The van der Waals surface area contributed by atoms with Crippen molar-refractivity contribution in [3.63, 3.8) is 0 Å². The number of hydrogen-bond acceptors (Lipinski definition) is 0. The first-order valence-corrected chi connectivity index (χ1v) is 8.06. The van der Waals surface area contributed by atoms with Crippen LogP contribution in [0.25, 0.3) is 0 Å². The molecule has 0 aromatic rings. The lowest BCUT2D eigenvalue weighted by Crippen LogP contribution is -2.43. The SMILES string of the molecule is CCC1C2CCCCC2CC2C3C=CC(C3)C21. The molecule has 0 heterocycles. The van der Waals surface area contributed by atoms with Crippen LogP contribution < -0.4 is 0 Å². The summed E-state index contributed by atoms with van der Waals surface area (Å²) in [5, 5.41) is 0. The molecule has 2 bridgehead atoms. The summed E-state index contributed by atoms with van der Waals surface area (Å²) < 4.78 is 0. The first kappa shape index (κ1) is 10.6. The highest BCUT2D eigenvalue weighted by Crippen LogP contribution is 2.61. The fourth-order valence-electron chi connectivity index (χ4n) is 6.23. The van der Waals surface area contributed by atoms with Gasteiger partial charge in [0.2, 0.25) is 0 Å². The van der Waals surface area contributed by atoms with Gasteiger partial charge in [0, 0.05) is 0 Å². The lowest BCUT2D eigenvalue weighted by Gasteiger charge is -2.50. The summed E-state index contributed by atoms with van der Waals surface area (Å²) in [5.74, 6) is 7.47. The van der Waals surface area contributed by atoms with Crippen LogP contribution in [0.5, 0.6) is 0 Å². The standard InChI is InChI=1S/C17H26/c1-2-14-15-6-4-3-5-11(15)10-16-12-7-8-13(9-12)17(14)16/h7-8,11-17H,2-6,9-10H2,1H3. The topological polar surface area (TPSA) is 0 Å². The Morgan fingerprint density at radius 2 is 1.76 bits per heavy atom. The zero-order valence-corrected chi connectivity index (χ0v) is 11.1. The average molecular weight is 230 g/mol. The predicted molar refractivity (Wildman–Crippen MR) is 71.6 cm³/mol. The molecule has 0 spiro atoms. The molecule has 0 nitrogen and oxygen atoms in total. The van der Waals surface area contributed by atoms with E-state index in [9.17, 15) is 0 Å². The van der Waals surface area contributed by atoms with Crippen molar-refractivity contribution in [2.24, 2.45) is 41.4 Å². The van der Waals surface area contributed by atoms with E-state index in [0.29, 0.717) is 0 Å². The molecule has 4 aliphatic rings. The second-order valence-electron chi connectivity index (χ2n) is 7.21. The lowest BCUT2D eigenvalue weighted by atomic mass is 9.55. The summed E-state index contributed by atoms with van der Waals surface area (Å²) in [7, 11) is 0. The first-order chi connectivity index (χ1) is 8.38. The third-order valence-corrected chi connectivity index (χ3v) is 6.75. The number of rotatable bonds is 1. The summed E-state index contributed by atoms with van der Waals surface area (Å²) >= 11 is 0. The van der Waals surface area contributed by atoms with E-state index in [4.69, 9.17) is 0 Å². The number of allylic oxidation sites excluding steroid dienone is 2. The molecule has 0 N–H and O–H groups in total. The third kappa shape index (κ3) is 1.42. The van der Waals surface area contributed by atoms with Crippen molar-refractivity contribution >= 4 is 0 Å². The van der Waals surface area contributed by atoms with Crippen molar-refractivity contribution < 1.29 is 0 Å². The van der Waals surface area contributed by atoms with Crippen molar-refractivity contribution in [2.45, 2.75) is 51.9 Å². The average Bonchev–Trinajstić information content (AvgIpc) is 2.97. The van der Waals surface area contributed by atoms with Gasteiger partial charge < -0.3 is 0 Å². The van der Waals surface area contributed by atoms with Gasteiger partial charge in [-0.3, -0.25) is 0 Å². The van der Waals surface area contributed by atoms with Crippen molar-refractivity contribution in [1.82, 2.24) is 0 Å². The van der Waals surface area contributed by atoms with Gasteiger partial charge in [0.25, 0.3) is 0 Å². The van der Waals surface area contributed by atoms with Gasteiger partial charge in [-0.15, -0.1) is 0 Å². The Balaban J connectivity index is 1.66. The molecular weight excluding hydrogens is 204 g/mol. The molecule has 4 aliphatic carbocycles. The summed E-state index contributed by atoms with van der Waals surface area (Å²) in [6.45, 7) is 2.47. The van der Waals surface area contributed by atoms with Gasteiger partial charge in [0.05, 0.1) is 0 Å². The van der Waals surface area contributed by atoms with Gasteiger partial charge in [0.15, 0.2) is 0 Å². The highest BCUT2D eigenvalue weighted by Gasteiger charge is 2.53. The Hall–Kier alpha value is -0.260. The minimum absolute atomic E-state index is 0.984. The molecule has 3 saturated carbocycles. The Bertz CT molecular complexity index is 329. The maximum atomic E-state index is 2.58. The molecule has 0 aromatic heterocycles. The minimum Gasteiger partial charge on any atom is -0.0848 e. The molecule has 7 unspecified atom stereocenters. The fraction of sp³-hybridized carbons (Fsp3) is 0.882. The quantitative estimate of drug-likeness (QED) is 0.575. The summed E-state index contributed by atoms with van der Waals surface area (Å²) in [5.41, 5.74) is 0. The van der Waals surface area contributed by atoms with Crippen LogP contribution in [0.15, 0.2) is 12.2 Å². The van der Waals surface area contributed by atoms with Crippen molar-refractivity contribution in [1.29, 1.82) is 0 Å². The van der Waals surface area contributed by atoms with Gasteiger partial charge in [0.1, 0.15) is 0 Å². The monoisotopic (exact) mass is 230 g/mol. The molecule has 0 radical (unpaired) electrons. The smallest absolute Gasteiger partial charge is 0.0194 e. The zero-order chi connectivity index (χ0) is 11.4. The molecule has 3 fully saturated rings. The maximum absolute atomic E-state index is 2.58. The van der Waals surface area contributed by atoms with Gasteiger partial charge in [-0.1, -0.05) is 44.8 Å². The van der Waals surface area contributed by atoms with E-state index in [2.05, 4.69) is 19.1 Å². The van der Waals surface area contributed by atoms with Crippen LogP contribution in [-0.4, -0.2) is 0 Å². The molecular formula is C17H26. The summed E-state index contributed by atoms with van der Waals surface area (Å²) in [4.78, 5) is 0. The molecule has 7 atom stereocenters. The van der Waals surface area contributed by atoms with Crippen molar-refractivity contribution in [2.75, 3.05) is 0 Å². The first-order valence-electron chi connectivity index (χ1n) is 8.06. The van der Waals surface area contributed by atoms with Crippen LogP contribution in [0.2, 0.25) is 0 Å². The van der Waals surface area contributed by atoms with Gasteiger partial charge in [-0.05, 0) is 60.7 Å². The minimum atomic E-state index is 0.984. The van der Waals surface area contributed by atoms with E-state index in [-0.39, 0.29) is 0 Å². The molecule has 4 rings (SSSR count). The summed E-state index contributed by atoms with van der Waals surface area (Å²) in [6.07, 6.45) is 15.9. The predicted octanol–water partition coefficient (Wildman–Crippen LogP) is 4.66. The van der Waals surface area contributed by atoms with Crippen LogP contribution in [0, 0.1) is 41.4 Å². The Morgan fingerprint density at radius 1 is 0.941 bits per heavy atom. The van der Waals surface area contributed by atoms with Crippen LogP contribution in [0.1, 0.15) is 51.9 Å². The molecule has 94 valence electrons. The summed E-state index contributed by atoms with van der Waals surface area (Å²) in [6, 6.07) is 0. The molecule has 0 aromatic carbocycles. The molecule has 17 heavy (non-hydrogen) atoms. The van der Waals surface area contributed by atoms with E-state index in [1.165, 1.54) is 25.7 Å². The van der Waals surface area contributed by atoms with E-state index in [1.54, 1.807) is 19.3 Å². The van der Waals surface area contributed by atoms with E-state index in [1.807, 2.05) is 0 Å². The number of hydrogen-bond donors (Lipinski definition) is 0. The van der Waals surface area contributed by atoms with E-state index >= 15 is 0 Å². The van der Waals surface area contributed by atoms with Gasteiger partial charge in [-0.25, -0.2) is 0 Å². The molecule has 0 saturated heterocycles.